The van der Waals surface area contributed by atoms with Crippen molar-refractivity contribution in [2.45, 2.75) is 96.7 Å². The van der Waals surface area contributed by atoms with E-state index >= 15 is 0 Å². The Bertz CT molecular complexity index is 776. The highest BCUT2D eigenvalue weighted by Crippen LogP contribution is 2.27. The summed E-state index contributed by atoms with van der Waals surface area (Å²) in [4.78, 5) is 38.4. The van der Waals surface area contributed by atoms with Crippen LogP contribution >= 0.6 is 0 Å². The van der Waals surface area contributed by atoms with E-state index in [0.717, 1.165) is 31.2 Å². The van der Waals surface area contributed by atoms with Gasteiger partial charge in [0.25, 0.3) is 0 Å². The highest BCUT2D eigenvalue weighted by molar-refractivity contribution is 5.87. The first-order valence-corrected chi connectivity index (χ1v) is 12.2. The molecule has 7 nitrogen and oxygen atoms in total. The predicted octanol–water partition coefficient (Wildman–Crippen LogP) is 4.69. The van der Waals surface area contributed by atoms with E-state index in [1.165, 1.54) is 6.42 Å². The first kappa shape index (κ1) is 26.7. The van der Waals surface area contributed by atoms with Gasteiger partial charge in [0, 0.05) is 18.9 Å². The molecule has 3 N–H and O–H groups in total. The molecule has 0 bridgehead atoms. The lowest BCUT2D eigenvalue weighted by Gasteiger charge is -2.33. The second kappa shape index (κ2) is 12.6. The second-order valence-electron chi connectivity index (χ2n) is 9.80. The van der Waals surface area contributed by atoms with Gasteiger partial charge in [-0.2, -0.15) is 0 Å². The third kappa shape index (κ3) is 8.06. The molecule has 0 radical (unpaired) electrons. The Morgan fingerprint density at radius 3 is 2.27 bits per heavy atom. The van der Waals surface area contributed by atoms with Crippen molar-refractivity contribution in [3.63, 3.8) is 0 Å². The molecule has 0 aliphatic heterocycles. The normalized spacial score (nSPS) is 18.1. The topological polar surface area (TPSA) is 105 Å². The number of hydrogen-bond acceptors (Lipinski definition) is 4. The van der Waals surface area contributed by atoms with Gasteiger partial charge in [0.1, 0.15) is 6.04 Å². The van der Waals surface area contributed by atoms with Gasteiger partial charge < -0.3 is 20.5 Å². The van der Waals surface area contributed by atoms with Crippen LogP contribution in [-0.2, 0) is 20.7 Å². The Morgan fingerprint density at radius 2 is 1.73 bits per heavy atom. The van der Waals surface area contributed by atoms with Crippen LogP contribution < -0.4 is 10.6 Å². The molecule has 0 spiro atoms. The van der Waals surface area contributed by atoms with E-state index in [1.807, 2.05) is 58.0 Å². The van der Waals surface area contributed by atoms with Gasteiger partial charge in [-0.3, -0.25) is 4.79 Å². The minimum Gasteiger partial charge on any atom is -0.478 e. The molecular weight excluding hydrogens is 420 g/mol. The van der Waals surface area contributed by atoms with E-state index in [2.05, 4.69) is 10.6 Å². The van der Waals surface area contributed by atoms with Crippen molar-refractivity contribution < 1.29 is 24.2 Å². The van der Waals surface area contributed by atoms with Gasteiger partial charge in [-0.1, -0.05) is 83.7 Å². The Kier molecular flexibility index (Phi) is 10.2. The fourth-order valence-corrected chi connectivity index (χ4v) is 4.52. The molecule has 0 heterocycles. The summed E-state index contributed by atoms with van der Waals surface area (Å²) >= 11 is 0. The summed E-state index contributed by atoms with van der Waals surface area (Å²) in [6.07, 6.45) is 5.26. The van der Waals surface area contributed by atoms with Crippen molar-refractivity contribution in [3.05, 3.63) is 35.9 Å². The highest BCUT2D eigenvalue weighted by Gasteiger charge is 2.44. The molecule has 2 rings (SSSR count). The quantitative estimate of drug-likeness (QED) is 0.444. The molecule has 0 saturated heterocycles. The molecule has 0 aromatic heterocycles. The molecule has 1 aliphatic carbocycles. The van der Waals surface area contributed by atoms with Crippen molar-refractivity contribution in [1.82, 2.24) is 10.6 Å². The van der Waals surface area contributed by atoms with Gasteiger partial charge >= 0.3 is 12.1 Å². The van der Waals surface area contributed by atoms with Gasteiger partial charge in [-0.05, 0) is 30.2 Å². The average molecular weight is 461 g/mol. The monoisotopic (exact) mass is 460 g/mol. The van der Waals surface area contributed by atoms with E-state index in [0.29, 0.717) is 6.42 Å². The van der Waals surface area contributed by atoms with Crippen molar-refractivity contribution in [2.24, 2.45) is 11.8 Å². The molecule has 2 amide bonds. The summed E-state index contributed by atoms with van der Waals surface area (Å²) in [5, 5.41) is 15.9. The largest absolute Gasteiger partial charge is 0.478 e. The molecule has 33 heavy (non-hydrogen) atoms. The van der Waals surface area contributed by atoms with E-state index in [-0.39, 0.29) is 36.6 Å². The summed E-state index contributed by atoms with van der Waals surface area (Å²) in [5.41, 5.74) is -0.957. The number of carbonyl (C=O) groups is 3. The number of carboxylic acid groups (broad SMARTS) is 1. The van der Waals surface area contributed by atoms with E-state index in [4.69, 9.17) is 4.74 Å². The van der Waals surface area contributed by atoms with Crippen LogP contribution in [0.15, 0.2) is 30.3 Å². The van der Waals surface area contributed by atoms with Crippen molar-refractivity contribution in [2.75, 3.05) is 0 Å². The van der Waals surface area contributed by atoms with Crippen LogP contribution in [-0.4, -0.2) is 40.8 Å². The average Bonchev–Trinajstić information content (AvgIpc) is 2.77. The molecule has 0 unspecified atom stereocenters. The van der Waals surface area contributed by atoms with Crippen molar-refractivity contribution >= 4 is 18.0 Å². The number of nitrogens with one attached hydrogen (secondary N) is 2. The van der Waals surface area contributed by atoms with Crippen LogP contribution in [0.2, 0.25) is 0 Å². The van der Waals surface area contributed by atoms with Crippen LogP contribution in [0.25, 0.3) is 0 Å². The summed E-state index contributed by atoms with van der Waals surface area (Å²) in [6, 6.07) is 8.47. The van der Waals surface area contributed by atoms with Crippen LogP contribution in [0.4, 0.5) is 4.79 Å². The lowest BCUT2D eigenvalue weighted by Crippen LogP contribution is -2.55. The number of alkyl carbamates (subject to hydrolysis) is 1. The van der Waals surface area contributed by atoms with Gasteiger partial charge in [-0.15, -0.1) is 0 Å². The smallest absolute Gasteiger partial charge is 0.408 e. The minimum atomic E-state index is -1.72. The predicted molar refractivity (Wildman–Crippen MR) is 128 cm³/mol. The van der Waals surface area contributed by atoms with Gasteiger partial charge in [0.15, 0.2) is 0 Å². The molecule has 1 aliphatic rings. The van der Waals surface area contributed by atoms with Gasteiger partial charge in [-0.25, -0.2) is 9.59 Å². The maximum absolute atomic E-state index is 13.0. The number of benzene rings is 1. The van der Waals surface area contributed by atoms with Gasteiger partial charge in [0.05, 0.1) is 0 Å². The summed E-state index contributed by atoms with van der Waals surface area (Å²) in [5.74, 6) is -1.57. The first-order chi connectivity index (χ1) is 15.7. The Morgan fingerprint density at radius 1 is 1.09 bits per heavy atom. The third-order valence-electron chi connectivity index (χ3n) is 6.47. The van der Waals surface area contributed by atoms with Crippen LogP contribution in [0.5, 0.6) is 0 Å². The number of hydrogen-bond donors (Lipinski definition) is 3. The van der Waals surface area contributed by atoms with Crippen molar-refractivity contribution in [3.8, 4) is 0 Å². The fraction of sp³-hybridized carbons (Fsp3) is 0.654. The third-order valence-corrected chi connectivity index (χ3v) is 6.47. The molecule has 3 atom stereocenters. The number of carbonyl (C=O) groups excluding carboxylic acids is 2. The number of amides is 2. The fourth-order valence-electron chi connectivity index (χ4n) is 4.52. The second-order valence-corrected chi connectivity index (χ2v) is 9.80. The number of carboxylic acids is 1. The first-order valence-electron chi connectivity index (χ1n) is 12.2. The molecule has 1 saturated carbocycles. The Balaban J connectivity index is 2.18. The van der Waals surface area contributed by atoms with E-state index < -0.39 is 23.7 Å². The highest BCUT2D eigenvalue weighted by atomic mass is 16.6. The van der Waals surface area contributed by atoms with Crippen LogP contribution in [0.1, 0.15) is 78.2 Å². The zero-order valence-electron chi connectivity index (χ0n) is 20.4. The van der Waals surface area contributed by atoms with Crippen LogP contribution in [0.3, 0.4) is 0 Å². The Hall–Kier alpha value is -2.57. The Labute approximate surface area is 197 Å². The molecule has 7 heteroatoms. The SMILES string of the molecule is CC[C@H](C)[C@H](NC(=O)O[C@](Cc1ccccc1)(CC(C)C)C(=O)O)C(=O)NC1CCCCC1. The number of rotatable bonds is 11. The van der Waals surface area contributed by atoms with Crippen molar-refractivity contribution in [1.29, 1.82) is 0 Å². The van der Waals surface area contributed by atoms with Gasteiger partial charge in [0.2, 0.25) is 11.5 Å². The standard InChI is InChI=1S/C26H40N2O5/c1-5-19(4)22(23(29)27-21-14-10-7-11-15-21)28-25(32)33-26(24(30)31,16-18(2)3)17-20-12-8-6-9-13-20/h6,8-9,12-13,18-19,21-22H,5,7,10-11,14-17H2,1-4H3,(H,27,29)(H,28,32)(H,30,31)/t19-,22-,26-/m0/s1. The molecule has 1 aromatic rings. The number of ether oxygens (including phenoxy) is 1. The minimum absolute atomic E-state index is 0.0161. The summed E-state index contributed by atoms with van der Waals surface area (Å²) < 4.78 is 5.65. The zero-order valence-corrected chi connectivity index (χ0v) is 20.4. The van der Waals surface area contributed by atoms with E-state index in [1.54, 1.807) is 0 Å². The molecule has 1 fully saturated rings. The maximum atomic E-state index is 13.0. The number of aliphatic carboxylic acids is 1. The molecule has 184 valence electrons. The molecular formula is C26H40N2O5. The molecule has 1 aromatic carbocycles. The summed E-state index contributed by atoms with van der Waals surface area (Å²) in [6.45, 7) is 7.63. The lowest BCUT2D eigenvalue weighted by atomic mass is 9.86. The van der Waals surface area contributed by atoms with E-state index in [9.17, 15) is 19.5 Å². The summed E-state index contributed by atoms with van der Waals surface area (Å²) in [7, 11) is 0. The lowest BCUT2D eigenvalue weighted by molar-refractivity contribution is -0.160. The maximum Gasteiger partial charge on any atom is 0.408 e. The van der Waals surface area contributed by atoms with Crippen LogP contribution in [0, 0.1) is 11.8 Å². The zero-order chi connectivity index (χ0) is 24.4.